The average Bonchev–Trinajstić information content (AvgIpc) is 3.08. The summed E-state index contributed by atoms with van der Waals surface area (Å²) in [6.07, 6.45) is 6.42. The third-order valence-electron chi connectivity index (χ3n) is 2.20. The molecule has 0 amide bonds. The second kappa shape index (κ2) is 19.7. The Bertz CT molecular complexity index is 964. The third-order valence-corrected chi connectivity index (χ3v) is 3.02. The van der Waals surface area contributed by atoms with Gasteiger partial charge in [0, 0.05) is 18.4 Å². The molecule has 0 aliphatic heterocycles. The quantitative estimate of drug-likeness (QED) is 0.135. The summed E-state index contributed by atoms with van der Waals surface area (Å²) in [5, 5.41) is 15.9. The van der Waals surface area contributed by atoms with Gasteiger partial charge in [-0.1, -0.05) is 19.6 Å². The Balaban J connectivity index is -0.000000384. The number of aromatic amines is 1. The van der Waals surface area contributed by atoms with E-state index in [-0.39, 0.29) is 17.3 Å². The number of carbonyl (C=O) groups is 5. The highest BCUT2D eigenvalue weighted by molar-refractivity contribution is 6.74. The molecule has 1 heterocycles. The number of carboxylic acids is 1. The molecule has 0 spiro atoms. The van der Waals surface area contributed by atoms with Crippen molar-refractivity contribution in [2.45, 2.75) is 40.4 Å². The van der Waals surface area contributed by atoms with Crippen molar-refractivity contribution in [1.82, 2.24) is 20.2 Å². The van der Waals surface area contributed by atoms with Crippen LogP contribution in [0.15, 0.2) is 40.0 Å². The van der Waals surface area contributed by atoms with Crippen molar-refractivity contribution in [1.29, 1.82) is 0 Å². The highest BCUT2D eigenvalue weighted by Crippen LogP contribution is 2.00. The first-order valence-corrected chi connectivity index (χ1v) is 12.9. The molecule has 1 rings (SSSR count). The Morgan fingerprint density at radius 2 is 1.47 bits per heavy atom. The summed E-state index contributed by atoms with van der Waals surface area (Å²) in [6, 6.07) is 0. The van der Waals surface area contributed by atoms with Crippen LogP contribution in [0.1, 0.15) is 20.8 Å². The lowest BCUT2D eigenvalue weighted by molar-refractivity contribution is -0.131. The molecule has 0 atom stereocenters. The lowest BCUT2D eigenvalue weighted by atomic mass is 10.4. The maximum atomic E-state index is 10.7. The van der Waals surface area contributed by atoms with Crippen LogP contribution in [0, 0.1) is 0 Å². The van der Waals surface area contributed by atoms with Gasteiger partial charge in [0.05, 0.1) is 0 Å². The smallest absolute Gasteiger partial charge is 0.365 e. The van der Waals surface area contributed by atoms with Crippen LogP contribution >= 0.6 is 11.6 Å². The van der Waals surface area contributed by atoms with Gasteiger partial charge in [-0.2, -0.15) is 4.68 Å². The fourth-order valence-corrected chi connectivity index (χ4v) is 1.32. The molecule has 0 unspecified atom stereocenters. The lowest BCUT2D eigenvalue weighted by Gasteiger charge is -2.01. The minimum Gasteiger partial charge on any atom is -0.478 e. The van der Waals surface area contributed by atoms with Gasteiger partial charge in [0.15, 0.2) is 17.3 Å². The van der Waals surface area contributed by atoms with E-state index in [4.69, 9.17) is 22.2 Å². The highest BCUT2D eigenvalue weighted by atomic mass is 35.5. The standard InChI is InChI=1S/C5H5ClO2.C5H6N4O2.C5H6O3.C3H9N3Si/c1-4(7)2-3-5(6)8;1-4(10)2-3-9-5(11)6-7-8-9;1-4(6)2-3-5(7)8;1-7(2,3)6-5-4/h2-3H,1H3;2-3H,1H3,(H,6,8,11);2-3H,1H3,(H,7,8);1-3H3/b3*3-2+;. The second-order valence-corrected chi connectivity index (χ2v) is 11.7. The molecule has 1 aromatic heterocycles. The van der Waals surface area contributed by atoms with E-state index in [0.717, 1.165) is 29.0 Å². The summed E-state index contributed by atoms with van der Waals surface area (Å²) in [7, 11) is -1.45. The topological polar surface area (TPSA) is 218 Å². The number of ketones is 3. The van der Waals surface area contributed by atoms with Gasteiger partial charge in [-0.15, -0.1) is 4.78 Å². The summed E-state index contributed by atoms with van der Waals surface area (Å²) in [5.74, 6) is -1.69. The number of rotatable bonds is 7. The molecule has 0 aliphatic rings. The van der Waals surface area contributed by atoms with Crippen LogP contribution in [-0.4, -0.2) is 62.1 Å². The number of nitrogens with one attached hydrogen (secondary N) is 1. The molecule has 0 saturated heterocycles. The van der Waals surface area contributed by atoms with E-state index in [2.05, 4.69) is 25.2 Å². The minimum absolute atomic E-state index is 0.153. The molecule has 0 aromatic carbocycles. The number of azide groups is 1. The Morgan fingerprint density at radius 3 is 1.68 bits per heavy atom. The monoisotopic (exact) mass is 515 g/mol. The molecular weight excluding hydrogens is 490 g/mol. The Morgan fingerprint density at radius 1 is 1.00 bits per heavy atom. The van der Waals surface area contributed by atoms with Crippen molar-refractivity contribution in [3.05, 3.63) is 51.3 Å². The Labute approximate surface area is 200 Å². The number of carboxylic acid groups (broad SMARTS) is 1. The van der Waals surface area contributed by atoms with E-state index in [0.29, 0.717) is 0 Å². The maximum Gasteiger partial charge on any atom is 0.365 e. The molecule has 14 nitrogen and oxygen atoms in total. The van der Waals surface area contributed by atoms with Gasteiger partial charge in [-0.3, -0.25) is 19.2 Å². The number of H-pyrrole nitrogens is 1. The second-order valence-electron chi connectivity index (χ2n) is 6.77. The van der Waals surface area contributed by atoms with Crippen molar-refractivity contribution < 1.29 is 29.1 Å². The van der Waals surface area contributed by atoms with E-state index in [1.54, 1.807) is 0 Å². The number of carbonyl (C=O) groups excluding carboxylic acids is 4. The van der Waals surface area contributed by atoms with Crippen LogP contribution in [-0.2, 0) is 24.0 Å². The maximum absolute atomic E-state index is 10.7. The van der Waals surface area contributed by atoms with E-state index in [1.165, 1.54) is 33.0 Å². The molecule has 0 radical (unpaired) electrons. The zero-order valence-electron chi connectivity index (χ0n) is 19.4. The van der Waals surface area contributed by atoms with Gasteiger partial charge in [0.2, 0.25) is 5.24 Å². The highest BCUT2D eigenvalue weighted by Gasteiger charge is 2.07. The first-order chi connectivity index (χ1) is 15.5. The molecule has 2 N–H and O–H groups in total. The van der Waals surface area contributed by atoms with Crippen LogP contribution in [0.5, 0.6) is 0 Å². The van der Waals surface area contributed by atoms with Crippen LogP contribution < -0.4 is 5.69 Å². The fraction of sp³-hybridized carbons (Fsp3) is 0.333. The Hall–Kier alpha value is -3.94. The van der Waals surface area contributed by atoms with E-state index >= 15 is 0 Å². The van der Waals surface area contributed by atoms with Crippen molar-refractivity contribution in [3.8, 4) is 0 Å². The number of hydrogen-bond donors (Lipinski definition) is 2. The molecule has 0 saturated carbocycles. The number of tetrazole rings is 1. The summed E-state index contributed by atoms with van der Waals surface area (Å²) in [4.78, 5) is 63.3. The summed E-state index contributed by atoms with van der Waals surface area (Å²) < 4.78 is 4.51. The van der Waals surface area contributed by atoms with Gasteiger partial charge >= 0.3 is 11.7 Å². The first kappa shape index (κ1) is 34.7. The SMILES string of the molecule is CC(=O)/C=C/C(=O)Cl.CC(=O)/C=C/C(=O)O.CC(=O)/C=C/n1nn[nH]c1=O.C[Si](C)(C)N=[N+]=[N-]. The van der Waals surface area contributed by atoms with Crippen LogP contribution in [0.3, 0.4) is 0 Å². The van der Waals surface area contributed by atoms with Crippen LogP contribution in [0.4, 0.5) is 0 Å². The normalized spacial score (nSPS) is 10.1. The predicted molar refractivity (Wildman–Crippen MR) is 127 cm³/mol. The number of aromatic nitrogens is 4. The zero-order valence-corrected chi connectivity index (χ0v) is 21.2. The predicted octanol–water partition coefficient (Wildman–Crippen LogP) is 2.27. The van der Waals surface area contributed by atoms with Gasteiger partial charge in [0.1, 0.15) is 8.24 Å². The largest absolute Gasteiger partial charge is 0.478 e. The molecule has 0 fully saturated rings. The molecule has 34 heavy (non-hydrogen) atoms. The summed E-state index contributed by atoms with van der Waals surface area (Å²) >= 11 is 4.84. The van der Waals surface area contributed by atoms with Gasteiger partial charge in [-0.05, 0) is 71.5 Å². The molecular formula is C18H26ClN7O7Si. The van der Waals surface area contributed by atoms with Crippen molar-refractivity contribution in [3.63, 3.8) is 0 Å². The number of hydrogen-bond acceptors (Lipinski definition) is 9. The molecule has 1 aromatic rings. The Kier molecular flexibility index (Phi) is 20.1. The third kappa shape index (κ3) is 32.7. The van der Waals surface area contributed by atoms with Gasteiger partial charge in [-0.25, -0.2) is 14.7 Å². The van der Waals surface area contributed by atoms with Crippen LogP contribution in [0.25, 0.3) is 16.6 Å². The number of aliphatic carboxylic acids is 1. The number of halogens is 1. The zero-order chi connectivity index (χ0) is 27.3. The van der Waals surface area contributed by atoms with Gasteiger partial charge < -0.3 is 5.11 Å². The van der Waals surface area contributed by atoms with E-state index in [1.807, 2.05) is 19.6 Å². The van der Waals surface area contributed by atoms with Crippen LogP contribution in [0.2, 0.25) is 19.6 Å². The molecule has 0 bridgehead atoms. The van der Waals surface area contributed by atoms with E-state index in [9.17, 15) is 28.8 Å². The van der Waals surface area contributed by atoms with Crippen molar-refractivity contribution in [2.75, 3.05) is 0 Å². The minimum atomic E-state index is -1.45. The summed E-state index contributed by atoms with van der Waals surface area (Å²) in [5.41, 5.74) is 7.43. The van der Waals surface area contributed by atoms with Gasteiger partial charge in [0.25, 0.3) is 0 Å². The van der Waals surface area contributed by atoms with Crippen molar-refractivity contribution in [2.24, 2.45) is 4.78 Å². The molecule has 16 heteroatoms. The van der Waals surface area contributed by atoms with E-state index < -0.39 is 25.1 Å². The lowest BCUT2D eigenvalue weighted by Crippen LogP contribution is -2.13. The molecule has 0 aliphatic carbocycles. The molecule has 186 valence electrons. The fourth-order valence-electron chi connectivity index (χ4n) is 0.984. The average molecular weight is 516 g/mol. The van der Waals surface area contributed by atoms with Crippen molar-refractivity contribution >= 4 is 54.6 Å². The number of nitrogens with zero attached hydrogens (tertiary/aromatic N) is 6. The number of allylic oxidation sites excluding steroid dienone is 4. The summed E-state index contributed by atoms with van der Waals surface area (Å²) in [6.45, 7) is 9.99. The first-order valence-electron chi connectivity index (χ1n) is 9.06.